The minimum atomic E-state index is -0.109. The van der Waals surface area contributed by atoms with Gasteiger partial charge in [-0.2, -0.15) is 5.26 Å². The van der Waals surface area contributed by atoms with Crippen molar-refractivity contribution in [3.05, 3.63) is 81.9 Å². The van der Waals surface area contributed by atoms with Gasteiger partial charge in [0.1, 0.15) is 0 Å². The monoisotopic (exact) mass is 390 g/mol. The number of carbonyl (C=O) groups is 2. The third kappa shape index (κ3) is 4.52. The molecule has 0 atom stereocenters. The van der Waals surface area contributed by atoms with Crippen molar-refractivity contribution in [3.63, 3.8) is 0 Å². The van der Waals surface area contributed by atoms with Crippen LogP contribution in [-0.2, 0) is 16.8 Å². The van der Waals surface area contributed by atoms with Crippen LogP contribution in [0.1, 0.15) is 47.8 Å². The van der Waals surface area contributed by atoms with E-state index in [0.29, 0.717) is 28.5 Å². The number of rotatable bonds is 4. The number of allylic oxidation sites excluding steroid dienone is 1. The number of ketones is 1. The van der Waals surface area contributed by atoms with Gasteiger partial charge in [-0.05, 0) is 28.7 Å². The molecule has 0 aromatic heterocycles. The van der Waals surface area contributed by atoms with Crippen LogP contribution in [0.5, 0.6) is 0 Å². The van der Waals surface area contributed by atoms with Crippen LogP contribution < -0.4 is 0 Å². The van der Waals surface area contributed by atoms with Gasteiger partial charge in [0, 0.05) is 11.6 Å². The van der Waals surface area contributed by atoms with Crippen molar-refractivity contribution in [3.8, 4) is 6.07 Å². The molecule has 0 bridgehead atoms. The Morgan fingerprint density at radius 3 is 2.36 bits per heavy atom. The van der Waals surface area contributed by atoms with E-state index in [1.165, 1.54) is 17.3 Å². The average molecular weight is 391 g/mol. The summed E-state index contributed by atoms with van der Waals surface area (Å²) in [6.07, 6.45) is 1.55. The van der Waals surface area contributed by atoms with E-state index in [-0.39, 0.29) is 17.1 Å². The van der Waals surface area contributed by atoms with E-state index in [0.717, 1.165) is 5.56 Å². The highest BCUT2D eigenvalue weighted by atomic mass is 32.2. The lowest BCUT2D eigenvalue weighted by molar-refractivity contribution is -0.125. The first-order chi connectivity index (χ1) is 13.3. The molecule has 0 radical (unpaired) electrons. The maximum absolute atomic E-state index is 12.7. The van der Waals surface area contributed by atoms with Gasteiger partial charge in [0.25, 0.3) is 0 Å². The highest BCUT2D eigenvalue weighted by Gasteiger charge is 2.27. The van der Waals surface area contributed by atoms with Crippen LogP contribution in [0.2, 0.25) is 0 Å². The fourth-order valence-electron chi connectivity index (χ4n) is 2.90. The van der Waals surface area contributed by atoms with Crippen molar-refractivity contribution < 1.29 is 9.59 Å². The molecule has 5 heteroatoms. The number of benzene rings is 2. The van der Waals surface area contributed by atoms with Crippen molar-refractivity contribution in [1.82, 2.24) is 4.90 Å². The van der Waals surface area contributed by atoms with Crippen LogP contribution >= 0.6 is 11.8 Å². The Bertz CT molecular complexity index is 962. The number of thioether (sulfide) groups is 1. The van der Waals surface area contributed by atoms with Gasteiger partial charge in [-0.1, -0.05) is 68.9 Å². The Labute approximate surface area is 169 Å². The number of nitrogens with zero attached hydrogens (tertiary/aromatic N) is 2. The fourth-order valence-corrected chi connectivity index (χ4v) is 3.84. The summed E-state index contributed by atoms with van der Waals surface area (Å²) in [7, 11) is 0. The van der Waals surface area contributed by atoms with E-state index in [4.69, 9.17) is 5.26 Å². The van der Waals surface area contributed by atoms with Crippen LogP contribution in [0.15, 0.2) is 59.6 Å². The summed E-state index contributed by atoms with van der Waals surface area (Å²) in [4.78, 5) is 26.6. The molecule has 2 aromatic rings. The number of hydrogen-bond donors (Lipinski definition) is 0. The standard InChI is InChI=1S/C23H22N2O2S/c1-23(2,3)19-10-8-18(9-11-19)20(26)12-22-25(21(27)15-28-22)14-17-6-4-16(13-24)5-7-17/h4-12H,14-15H2,1-3H3. The Morgan fingerprint density at radius 2 is 1.79 bits per heavy atom. The molecule has 1 saturated heterocycles. The van der Waals surface area contributed by atoms with Crippen molar-refractivity contribution >= 4 is 23.5 Å². The molecule has 1 heterocycles. The Kier molecular flexibility index (Phi) is 5.71. The molecule has 1 fully saturated rings. The molecule has 2 aromatic carbocycles. The van der Waals surface area contributed by atoms with Crippen molar-refractivity contribution in [2.24, 2.45) is 0 Å². The summed E-state index contributed by atoms with van der Waals surface area (Å²) in [5, 5.41) is 9.57. The first kappa shape index (κ1) is 19.9. The van der Waals surface area contributed by atoms with Gasteiger partial charge < -0.3 is 4.90 Å². The molecule has 28 heavy (non-hydrogen) atoms. The normalized spacial score (nSPS) is 15.7. The van der Waals surface area contributed by atoms with E-state index in [2.05, 4.69) is 26.8 Å². The summed E-state index contributed by atoms with van der Waals surface area (Å²) in [5.41, 5.74) is 3.31. The van der Waals surface area contributed by atoms with Crippen molar-refractivity contribution in [2.75, 3.05) is 5.75 Å². The number of nitriles is 1. The third-order valence-corrected chi connectivity index (χ3v) is 5.65. The molecule has 0 unspecified atom stereocenters. The molecule has 1 amide bonds. The van der Waals surface area contributed by atoms with E-state index in [9.17, 15) is 9.59 Å². The van der Waals surface area contributed by atoms with Crippen molar-refractivity contribution in [1.29, 1.82) is 5.26 Å². The predicted octanol–water partition coefficient (Wildman–Crippen LogP) is 4.66. The first-order valence-corrected chi connectivity index (χ1v) is 10.1. The summed E-state index contributed by atoms with van der Waals surface area (Å²) < 4.78 is 0. The van der Waals surface area contributed by atoms with Gasteiger partial charge in [0.05, 0.1) is 29.0 Å². The molecule has 0 spiro atoms. The zero-order valence-corrected chi connectivity index (χ0v) is 17.0. The molecular formula is C23H22N2O2S. The van der Waals surface area contributed by atoms with Crippen LogP contribution in [0.25, 0.3) is 0 Å². The van der Waals surface area contributed by atoms with Gasteiger partial charge in [-0.3, -0.25) is 9.59 Å². The smallest absolute Gasteiger partial charge is 0.238 e. The molecule has 1 aliphatic rings. The topological polar surface area (TPSA) is 61.2 Å². The van der Waals surface area contributed by atoms with Gasteiger partial charge >= 0.3 is 0 Å². The predicted molar refractivity (Wildman–Crippen MR) is 112 cm³/mol. The first-order valence-electron chi connectivity index (χ1n) is 9.07. The number of amides is 1. The molecule has 0 saturated carbocycles. The Balaban J connectivity index is 1.78. The van der Waals surface area contributed by atoms with E-state index in [1.807, 2.05) is 36.4 Å². The lowest BCUT2D eigenvalue weighted by Crippen LogP contribution is -2.24. The van der Waals surface area contributed by atoms with Gasteiger partial charge in [0.15, 0.2) is 5.78 Å². The zero-order valence-electron chi connectivity index (χ0n) is 16.2. The summed E-state index contributed by atoms with van der Waals surface area (Å²) in [6.45, 7) is 6.79. The quantitative estimate of drug-likeness (QED) is 0.563. The molecule has 4 nitrogen and oxygen atoms in total. The lowest BCUT2D eigenvalue weighted by Gasteiger charge is -2.19. The van der Waals surface area contributed by atoms with E-state index >= 15 is 0 Å². The second-order valence-electron chi connectivity index (χ2n) is 7.75. The van der Waals surface area contributed by atoms with Gasteiger partial charge in [-0.25, -0.2) is 0 Å². The second-order valence-corrected chi connectivity index (χ2v) is 8.75. The van der Waals surface area contributed by atoms with Crippen LogP contribution in [0, 0.1) is 11.3 Å². The third-order valence-electron chi connectivity index (χ3n) is 4.62. The van der Waals surface area contributed by atoms with E-state index in [1.54, 1.807) is 23.1 Å². The summed E-state index contributed by atoms with van der Waals surface area (Å²) >= 11 is 1.38. The average Bonchev–Trinajstić information content (AvgIpc) is 3.01. The highest BCUT2D eigenvalue weighted by Crippen LogP contribution is 2.31. The molecule has 0 aliphatic carbocycles. The highest BCUT2D eigenvalue weighted by molar-refractivity contribution is 8.04. The zero-order chi connectivity index (χ0) is 20.3. The minimum absolute atomic E-state index is 0.0171. The Hall–Kier alpha value is -2.84. The Morgan fingerprint density at radius 1 is 1.14 bits per heavy atom. The van der Waals surface area contributed by atoms with E-state index < -0.39 is 0 Å². The lowest BCUT2D eigenvalue weighted by atomic mass is 9.86. The van der Waals surface area contributed by atoms with Crippen molar-refractivity contribution in [2.45, 2.75) is 32.7 Å². The number of hydrogen-bond acceptors (Lipinski definition) is 4. The van der Waals surface area contributed by atoms with Crippen LogP contribution in [-0.4, -0.2) is 22.3 Å². The minimum Gasteiger partial charge on any atom is -0.301 e. The van der Waals surface area contributed by atoms with Crippen LogP contribution in [0.4, 0.5) is 0 Å². The molecule has 0 N–H and O–H groups in total. The molecule has 142 valence electrons. The second kappa shape index (κ2) is 8.04. The fraction of sp³-hybridized carbons (Fsp3) is 0.261. The summed E-state index contributed by atoms with van der Waals surface area (Å²) in [5.74, 6) is 0.206. The number of carbonyl (C=O) groups excluding carboxylic acids is 2. The molecule has 1 aliphatic heterocycles. The molecular weight excluding hydrogens is 368 g/mol. The maximum atomic E-state index is 12.7. The SMILES string of the molecule is CC(C)(C)c1ccc(C(=O)C=C2SCC(=O)N2Cc2ccc(C#N)cc2)cc1. The summed E-state index contributed by atoms with van der Waals surface area (Å²) in [6, 6.07) is 16.8. The van der Waals surface area contributed by atoms with Gasteiger partial charge in [-0.15, -0.1) is 0 Å². The van der Waals surface area contributed by atoms with Gasteiger partial charge in [0.2, 0.25) is 5.91 Å². The maximum Gasteiger partial charge on any atom is 0.238 e. The molecule has 3 rings (SSSR count). The van der Waals surface area contributed by atoms with Crippen LogP contribution in [0.3, 0.4) is 0 Å². The largest absolute Gasteiger partial charge is 0.301 e.